The SMILES string of the molecule is COC(=O)C(NC(=O)N1C(=O)C2(c3cc(C#CCN(C)Cc4ccccc4)ccc31)C(C(N)=O)C1C(=O)OC(c3ccccc3)C(c3ccccc3)N1C2c1ccccc1OCCO)C(C)C. The molecule has 14 nitrogen and oxygen atoms in total. The molecule has 4 N–H and O–H groups in total. The highest BCUT2D eigenvalue weighted by atomic mass is 16.6. The van der Waals surface area contributed by atoms with Crippen molar-refractivity contribution in [2.75, 3.05) is 38.8 Å². The van der Waals surface area contributed by atoms with Gasteiger partial charge in [0.1, 0.15) is 36.0 Å². The number of imide groups is 1. The number of morpholine rings is 1. The first-order chi connectivity index (χ1) is 32.4. The van der Waals surface area contributed by atoms with Crippen LogP contribution in [0.1, 0.15) is 65.4 Å². The number of ether oxygens (including phenoxy) is 3. The quantitative estimate of drug-likeness (QED) is 0.0989. The van der Waals surface area contributed by atoms with Gasteiger partial charge in [0.15, 0.2) is 0 Å². The van der Waals surface area contributed by atoms with Crippen LogP contribution in [0.3, 0.4) is 0 Å². The van der Waals surface area contributed by atoms with Gasteiger partial charge in [-0.2, -0.15) is 0 Å². The number of anilines is 1. The third kappa shape index (κ3) is 8.53. The number of nitrogens with two attached hydrogens (primary N) is 1. The molecule has 0 aliphatic carbocycles. The maximum absolute atomic E-state index is 16.3. The maximum atomic E-state index is 16.3. The van der Waals surface area contributed by atoms with Crippen LogP contribution in [0.5, 0.6) is 5.75 Å². The molecule has 2 saturated heterocycles. The summed E-state index contributed by atoms with van der Waals surface area (Å²) in [4.78, 5) is 78.8. The number of hydrogen-bond donors (Lipinski definition) is 3. The van der Waals surface area contributed by atoms with E-state index in [9.17, 15) is 19.5 Å². The van der Waals surface area contributed by atoms with E-state index >= 15 is 9.59 Å². The van der Waals surface area contributed by atoms with Gasteiger partial charge in [0.2, 0.25) is 11.8 Å². The zero-order valence-corrected chi connectivity index (χ0v) is 37.7. The molecule has 0 bridgehead atoms. The lowest BCUT2D eigenvalue weighted by Gasteiger charge is -2.46. The summed E-state index contributed by atoms with van der Waals surface area (Å²) in [5, 5.41) is 12.7. The first-order valence-corrected chi connectivity index (χ1v) is 22.2. The first kappa shape index (κ1) is 46.2. The standard InChI is InChI=1S/C53H53N5O9/c1-33(2)43(49(61)65-4)55-52(64)57-40-27-26-34(19-16-28-56(3)32-35-17-8-5-9-18-35)31-39(40)53(51(57)63)42(48(54)60)45-50(62)67-46(37-22-12-7-13-23-37)44(36-20-10-6-11-21-36)58(45)47(53)38-24-14-15-25-41(38)66-30-29-59/h5-15,17-18,20-27,31,33,42-47,59H,28-30,32H2,1-4H3,(H2,54,60)(H,55,64). The van der Waals surface area contributed by atoms with Crippen molar-refractivity contribution in [1.82, 2.24) is 15.1 Å². The maximum Gasteiger partial charge on any atom is 0.329 e. The molecular weight excluding hydrogens is 851 g/mol. The summed E-state index contributed by atoms with van der Waals surface area (Å²) in [7, 11) is 3.15. The van der Waals surface area contributed by atoms with E-state index < -0.39 is 77.3 Å². The smallest absolute Gasteiger partial charge is 0.329 e. The Balaban J connectivity index is 1.40. The van der Waals surface area contributed by atoms with E-state index in [2.05, 4.69) is 22.1 Å². The number of rotatable bonds is 13. The molecule has 4 amide bonds. The number of aliphatic hydroxyl groups is 1. The van der Waals surface area contributed by atoms with Gasteiger partial charge < -0.3 is 30.4 Å². The van der Waals surface area contributed by atoms with Gasteiger partial charge >= 0.3 is 18.0 Å². The van der Waals surface area contributed by atoms with E-state index in [0.717, 1.165) is 10.5 Å². The summed E-state index contributed by atoms with van der Waals surface area (Å²) in [6, 6.07) is 34.6. The average molecular weight is 904 g/mol. The number of methoxy groups -OCH3 is 1. The number of carbonyl (C=O) groups is 5. The number of urea groups is 1. The molecule has 67 heavy (non-hydrogen) atoms. The molecule has 344 valence electrons. The molecule has 7 unspecified atom stereocenters. The van der Waals surface area contributed by atoms with Crippen LogP contribution in [0.25, 0.3) is 0 Å². The first-order valence-electron chi connectivity index (χ1n) is 22.2. The predicted molar refractivity (Wildman–Crippen MR) is 249 cm³/mol. The zero-order chi connectivity index (χ0) is 47.4. The number of cyclic esters (lactones) is 1. The molecular formula is C53H53N5O9. The largest absolute Gasteiger partial charge is 0.491 e. The van der Waals surface area contributed by atoms with Crippen LogP contribution in [-0.2, 0) is 40.6 Å². The van der Waals surface area contributed by atoms with Crippen molar-refractivity contribution >= 4 is 35.5 Å². The van der Waals surface area contributed by atoms with Crippen LogP contribution < -0.4 is 20.7 Å². The number of fused-ring (bicyclic) bond motifs is 3. The summed E-state index contributed by atoms with van der Waals surface area (Å²) in [6.45, 7) is 3.99. The number of amides is 4. The Kier molecular flexibility index (Phi) is 13.6. The molecule has 2 fully saturated rings. The minimum Gasteiger partial charge on any atom is -0.491 e. The lowest BCUT2D eigenvalue weighted by atomic mass is 9.65. The minimum absolute atomic E-state index is 0.0933. The van der Waals surface area contributed by atoms with Gasteiger partial charge in [-0.15, -0.1) is 0 Å². The molecule has 0 aromatic heterocycles. The van der Waals surface area contributed by atoms with Crippen LogP contribution in [0, 0.1) is 23.7 Å². The van der Waals surface area contributed by atoms with Gasteiger partial charge in [0.05, 0.1) is 44.0 Å². The summed E-state index contributed by atoms with van der Waals surface area (Å²) in [5.74, 6) is 1.21. The molecule has 7 atom stereocenters. The Morgan fingerprint density at radius 3 is 2.16 bits per heavy atom. The number of benzene rings is 5. The van der Waals surface area contributed by atoms with Crippen molar-refractivity contribution in [1.29, 1.82) is 0 Å². The summed E-state index contributed by atoms with van der Waals surface area (Å²) >= 11 is 0. The van der Waals surface area contributed by atoms with Gasteiger partial charge in [-0.1, -0.05) is 135 Å². The summed E-state index contributed by atoms with van der Waals surface area (Å²) in [6.07, 6.45) is -0.962. The molecule has 1 spiro atoms. The van der Waals surface area contributed by atoms with E-state index in [1.807, 2.05) is 103 Å². The number of hydrogen-bond acceptors (Lipinski definition) is 11. The Labute approximate surface area is 389 Å². The van der Waals surface area contributed by atoms with Crippen molar-refractivity contribution in [2.45, 2.75) is 56.1 Å². The van der Waals surface area contributed by atoms with Crippen LogP contribution in [0.2, 0.25) is 0 Å². The van der Waals surface area contributed by atoms with Crippen LogP contribution in [-0.4, -0.2) is 90.7 Å². The number of aliphatic hydroxyl groups excluding tert-OH is 1. The topological polar surface area (TPSA) is 181 Å². The summed E-state index contributed by atoms with van der Waals surface area (Å²) in [5.41, 5.74) is 7.98. The van der Waals surface area contributed by atoms with Crippen molar-refractivity contribution in [3.05, 3.63) is 167 Å². The highest BCUT2D eigenvalue weighted by Crippen LogP contribution is 2.66. The van der Waals surface area contributed by atoms with Crippen molar-refractivity contribution in [3.8, 4) is 17.6 Å². The van der Waals surface area contributed by atoms with E-state index in [1.165, 1.54) is 7.11 Å². The zero-order valence-electron chi connectivity index (χ0n) is 37.7. The molecule has 3 aliphatic rings. The van der Waals surface area contributed by atoms with Gasteiger partial charge in [0.25, 0.3) is 0 Å². The number of primary amides is 1. The van der Waals surface area contributed by atoms with E-state index in [1.54, 1.807) is 56.3 Å². The summed E-state index contributed by atoms with van der Waals surface area (Å²) < 4.78 is 17.7. The number of carbonyl (C=O) groups excluding carboxylic acids is 5. The number of esters is 2. The van der Waals surface area contributed by atoms with Crippen LogP contribution in [0.15, 0.2) is 133 Å². The fourth-order valence-electron chi connectivity index (χ4n) is 10.0. The number of nitrogens with zero attached hydrogens (tertiary/aromatic N) is 3. The Bertz CT molecular complexity index is 2710. The average Bonchev–Trinajstić information content (AvgIpc) is 3.79. The molecule has 3 aliphatic heterocycles. The normalized spacial score (nSPS) is 22.4. The highest BCUT2D eigenvalue weighted by molar-refractivity contribution is 6.25. The minimum atomic E-state index is -2.15. The van der Waals surface area contributed by atoms with Gasteiger partial charge in [-0.05, 0) is 59.5 Å². The Hall–Kier alpha value is -7.31. The lowest BCUT2D eigenvalue weighted by Crippen LogP contribution is -2.57. The molecule has 0 radical (unpaired) electrons. The van der Waals surface area contributed by atoms with Gasteiger partial charge in [-0.25, -0.2) is 14.5 Å². The fourth-order valence-corrected chi connectivity index (χ4v) is 10.0. The van der Waals surface area contributed by atoms with Crippen molar-refractivity contribution in [3.63, 3.8) is 0 Å². The molecule has 14 heteroatoms. The molecule has 0 saturated carbocycles. The van der Waals surface area contributed by atoms with E-state index in [4.69, 9.17) is 19.9 Å². The lowest BCUT2D eigenvalue weighted by molar-refractivity contribution is -0.178. The number of para-hydroxylation sites is 1. The van der Waals surface area contributed by atoms with E-state index in [-0.39, 0.29) is 30.2 Å². The second kappa shape index (κ2) is 19.7. The van der Waals surface area contributed by atoms with Crippen molar-refractivity contribution in [2.24, 2.45) is 17.6 Å². The third-order valence-electron chi connectivity index (χ3n) is 12.8. The van der Waals surface area contributed by atoms with Crippen LogP contribution >= 0.6 is 0 Å². The monoisotopic (exact) mass is 903 g/mol. The van der Waals surface area contributed by atoms with Gasteiger partial charge in [0, 0.05) is 17.7 Å². The third-order valence-corrected chi connectivity index (χ3v) is 12.8. The Morgan fingerprint density at radius 1 is 0.881 bits per heavy atom. The van der Waals surface area contributed by atoms with Crippen LogP contribution in [0.4, 0.5) is 10.5 Å². The number of nitrogens with one attached hydrogen (secondary N) is 1. The second-order valence-corrected chi connectivity index (χ2v) is 17.3. The van der Waals surface area contributed by atoms with Crippen molar-refractivity contribution < 1.29 is 43.3 Å². The molecule has 5 aromatic carbocycles. The highest BCUT2D eigenvalue weighted by Gasteiger charge is 2.75. The predicted octanol–water partition coefficient (Wildman–Crippen LogP) is 5.60. The molecule has 8 rings (SSSR count). The molecule has 3 heterocycles. The Morgan fingerprint density at radius 2 is 1.52 bits per heavy atom. The van der Waals surface area contributed by atoms with E-state index in [0.29, 0.717) is 35.3 Å². The fraction of sp³-hybridized carbons (Fsp3) is 0.302. The second-order valence-electron chi connectivity index (χ2n) is 17.3. The van der Waals surface area contributed by atoms with Gasteiger partial charge in [-0.3, -0.25) is 24.2 Å². The molecule has 5 aromatic rings.